The Balaban J connectivity index is 0.00000310. The Morgan fingerprint density at radius 3 is 1.49 bits per heavy atom. The number of nitrogen functional groups attached to an aromatic ring is 1. The molecule has 19 nitrogen and oxygen atoms in total. The second-order valence-electron chi connectivity index (χ2n) is 11.5. The van der Waals surface area contributed by atoms with Crippen molar-refractivity contribution >= 4 is 92.3 Å². The second kappa shape index (κ2) is 20.2. The number of aromatic hydroxyl groups is 2. The summed E-state index contributed by atoms with van der Waals surface area (Å²) in [5.41, 5.74) is 4.65. The summed E-state index contributed by atoms with van der Waals surface area (Å²) in [6.07, 6.45) is 0. The normalized spacial score (nSPS) is 12.0. The molecule has 0 aromatic heterocycles. The summed E-state index contributed by atoms with van der Waals surface area (Å²) in [4.78, 5) is -3.07. The van der Waals surface area contributed by atoms with Crippen LogP contribution in [0, 0.1) is 0 Å². The van der Waals surface area contributed by atoms with E-state index in [2.05, 4.69) is 36.0 Å². The van der Waals surface area contributed by atoms with E-state index in [1.165, 1.54) is 42.5 Å². The van der Waals surface area contributed by atoms with Gasteiger partial charge in [0.15, 0.2) is 5.75 Å². The van der Waals surface area contributed by atoms with E-state index in [1.54, 1.807) is 42.5 Å². The van der Waals surface area contributed by atoms with Crippen molar-refractivity contribution in [3.63, 3.8) is 0 Å². The summed E-state index contributed by atoms with van der Waals surface area (Å²) in [5, 5.41) is 45.6. The third-order valence-electron chi connectivity index (χ3n) is 7.65. The molecule has 0 amide bonds. The van der Waals surface area contributed by atoms with E-state index in [9.17, 15) is 49.1 Å². The molecule has 6 rings (SSSR count). The molecule has 0 spiro atoms. The van der Waals surface area contributed by atoms with Gasteiger partial charge in [-0.05, 0) is 96.4 Å². The third-order valence-corrected chi connectivity index (χ3v) is 10.2. The molecule has 0 bridgehead atoms. The van der Waals surface area contributed by atoms with Crippen LogP contribution >= 0.6 is 0 Å². The molecule has 0 radical (unpaired) electrons. The van der Waals surface area contributed by atoms with Crippen LogP contribution in [0.25, 0.3) is 10.8 Å². The van der Waals surface area contributed by atoms with E-state index in [4.69, 9.17) is 5.73 Å². The van der Waals surface area contributed by atoms with Gasteiger partial charge in [-0.25, -0.2) is 25.3 Å². The number of nitrogens with zero attached hydrogens (tertiary/aromatic N) is 6. The van der Waals surface area contributed by atoms with Crippen LogP contribution in [-0.2, 0) is 30.4 Å². The van der Waals surface area contributed by atoms with Crippen molar-refractivity contribution in [2.45, 2.75) is 14.7 Å². The largest absolute Gasteiger partial charge is 1.00 e. The van der Waals surface area contributed by atoms with Crippen molar-refractivity contribution in [2.75, 3.05) is 11.1 Å². The molecule has 6 aromatic rings. The molecule has 59 heavy (non-hydrogen) atoms. The smallest absolute Gasteiger partial charge is 0.744 e. The maximum Gasteiger partial charge on any atom is 1.00 e. The van der Waals surface area contributed by atoms with Crippen LogP contribution in [0.4, 0.5) is 51.2 Å². The molecule has 0 fully saturated rings. The van der Waals surface area contributed by atoms with E-state index in [-0.39, 0.29) is 111 Å². The Kier molecular flexibility index (Phi) is 17.0. The number of rotatable bonds is 11. The minimum Gasteiger partial charge on any atom is -0.744 e. The fraction of sp³-hybridized carbons (Fsp3) is 0. The minimum absolute atomic E-state index is 0. The summed E-state index contributed by atoms with van der Waals surface area (Å²) >= 11 is 0. The van der Waals surface area contributed by atoms with Crippen molar-refractivity contribution in [3.8, 4) is 11.5 Å². The number of nitrogens with two attached hydrogens (primary N) is 1. The van der Waals surface area contributed by atoms with Crippen molar-refractivity contribution in [2.24, 2.45) is 30.7 Å². The quantitative estimate of drug-likeness (QED) is 0.0502. The first-order valence-electron chi connectivity index (χ1n) is 15.5. The fourth-order valence-corrected chi connectivity index (χ4v) is 7.05. The molecule has 5 N–H and O–H groups in total. The number of hydrogen-bond donors (Lipinski definition) is 4. The number of fused-ring (bicyclic) bond motifs is 1. The van der Waals surface area contributed by atoms with Crippen molar-refractivity contribution in [1.29, 1.82) is 0 Å². The summed E-state index contributed by atoms with van der Waals surface area (Å²) in [6, 6.07) is 24.3. The van der Waals surface area contributed by atoms with E-state index in [1.807, 2.05) is 0 Å². The molecule has 25 heteroatoms. The summed E-state index contributed by atoms with van der Waals surface area (Å²) < 4.78 is 110. The standard InChI is InChI=1S/C34H26N8O11S3.3Na/c35-31-30-19(17-29(56(51,52)53)33(34(30)44)42-39-21-4-2-1-3-5-21)16-28(55(48,49)50)32(31)41-40-24-12-15-26(27(18-24)54(45,46)47)36-20-6-8-22(9-7-20)37-38-23-10-13-25(43)14-11-23;;;/h1-18,36,43-44H,35H2,(H,45,46,47)(H,48,49,50)(H,51,52,53);;;/q;3*+1/p-3. The SMILES string of the molecule is Nc1c(N=Nc2ccc(Nc3ccc(N=Nc4ccc(O)cc4)cc3)c(S(=O)(=O)[O-])c2)c(S(=O)(=O)[O-])cc2cc(S(=O)(=O)[O-])c(N=Nc3ccccc3)c(O)c12.[Na+].[Na+].[Na+]. The van der Waals surface area contributed by atoms with Gasteiger partial charge in [0.25, 0.3) is 0 Å². The van der Waals surface area contributed by atoms with Gasteiger partial charge in [0.2, 0.25) is 0 Å². The van der Waals surface area contributed by atoms with Crippen LogP contribution in [0.1, 0.15) is 0 Å². The van der Waals surface area contributed by atoms with Crippen LogP contribution < -0.4 is 99.7 Å². The second-order valence-corrected chi connectivity index (χ2v) is 15.5. The Morgan fingerprint density at radius 1 is 0.508 bits per heavy atom. The third kappa shape index (κ3) is 12.2. The summed E-state index contributed by atoms with van der Waals surface area (Å²) in [5.74, 6) is -0.976. The van der Waals surface area contributed by atoms with Gasteiger partial charge >= 0.3 is 88.7 Å². The first-order chi connectivity index (χ1) is 26.4. The summed E-state index contributed by atoms with van der Waals surface area (Å²) in [6.45, 7) is 0. The van der Waals surface area contributed by atoms with Gasteiger partial charge in [0.1, 0.15) is 47.5 Å². The average Bonchev–Trinajstić information content (AvgIpc) is 3.13. The first-order valence-corrected chi connectivity index (χ1v) is 19.7. The number of phenolic OH excluding ortho intramolecular Hbond substituents is 2. The van der Waals surface area contributed by atoms with Gasteiger partial charge in [0.05, 0.1) is 54.2 Å². The van der Waals surface area contributed by atoms with Crippen molar-refractivity contribution in [3.05, 3.63) is 109 Å². The molecule has 0 saturated carbocycles. The number of anilines is 3. The van der Waals surface area contributed by atoms with E-state index in [0.29, 0.717) is 29.2 Å². The Morgan fingerprint density at radius 2 is 0.949 bits per heavy atom. The molecule has 286 valence electrons. The molecule has 0 aliphatic rings. The zero-order chi connectivity index (χ0) is 40.4. The van der Waals surface area contributed by atoms with Crippen LogP contribution in [0.5, 0.6) is 11.5 Å². The average molecular weight is 885 g/mol. The molecular weight excluding hydrogens is 862 g/mol. The number of hydrogen-bond acceptors (Lipinski definition) is 19. The van der Waals surface area contributed by atoms with Crippen LogP contribution in [0.2, 0.25) is 0 Å². The Hall–Kier alpha value is -3.69. The van der Waals surface area contributed by atoms with Gasteiger partial charge in [-0.2, -0.15) is 20.5 Å². The first kappa shape index (κ1) is 49.7. The molecule has 0 atom stereocenters. The zero-order valence-corrected chi connectivity index (χ0v) is 39.4. The van der Waals surface area contributed by atoms with Crippen LogP contribution in [0.3, 0.4) is 0 Å². The molecule has 0 aliphatic carbocycles. The van der Waals surface area contributed by atoms with E-state index >= 15 is 0 Å². The van der Waals surface area contributed by atoms with Crippen molar-refractivity contribution < 1.29 is 138 Å². The zero-order valence-electron chi connectivity index (χ0n) is 30.9. The van der Waals surface area contributed by atoms with E-state index < -0.39 is 78.6 Å². The molecule has 0 unspecified atom stereocenters. The predicted molar refractivity (Wildman–Crippen MR) is 197 cm³/mol. The number of benzene rings is 6. The molecule has 0 saturated heterocycles. The number of azo groups is 3. The Labute approximate surface area is 402 Å². The fourth-order valence-electron chi connectivity index (χ4n) is 5.09. The minimum atomic E-state index is -5.48. The maximum atomic E-state index is 12.4. The number of nitrogens with one attached hydrogen (secondary N) is 1. The van der Waals surface area contributed by atoms with Gasteiger partial charge in [-0.1, -0.05) is 18.2 Å². The molecule has 6 aromatic carbocycles. The monoisotopic (exact) mass is 884 g/mol. The van der Waals surface area contributed by atoms with Crippen molar-refractivity contribution in [1.82, 2.24) is 0 Å². The van der Waals surface area contributed by atoms with Gasteiger partial charge in [-0.15, -0.1) is 10.2 Å². The summed E-state index contributed by atoms with van der Waals surface area (Å²) in [7, 11) is -16.1. The van der Waals surface area contributed by atoms with Crippen LogP contribution in [0.15, 0.2) is 155 Å². The topological polar surface area (TPSA) is 324 Å². The van der Waals surface area contributed by atoms with Crippen LogP contribution in [-0.4, -0.2) is 49.1 Å². The molecule has 0 aliphatic heterocycles. The van der Waals surface area contributed by atoms with Gasteiger partial charge in [-0.3, -0.25) is 0 Å². The van der Waals surface area contributed by atoms with E-state index in [0.717, 1.165) is 12.1 Å². The maximum absolute atomic E-state index is 12.4. The van der Waals surface area contributed by atoms with Gasteiger partial charge < -0.3 is 34.9 Å². The Bertz CT molecular complexity index is 2940. The molecular formula is C34H23N8Na3O11S3. The van der Waals surface area contributed by atoms with Gasteiger partial charge in [0, 0.05) is 5.69 Å². The molecule has 0 heterocycles. The number of phenols is 2. The predicted octanol–water partition coefficient (Wildman–Crippen LogP) is -1.45.